The number of esters is 1. The predicted octanol–water partition coefficient (Wildman–Crippen LogP) is 4.47. The van der Waals surface area contributed by atoms with E-state index in [1.807, 2.05) is 30.3 Å². The van der Waals surface area contributed by atoms with E-state index in [1.165, 1.54) is 23.9 Å². The smallest absolute Gasteiger partial charge is 0.319 e. The minimum Gasteiger partial charge on any atom is -0.458 e. The third-order valence-electron chi connectivity index (χ3n) is 3.67. The summed E-state index contributed by atoms with van der Waals surface area (Å²) in [5.41, 5.74) is 1.43. The van der Waals surface area contributed by atoms with Crippen molar-refractivity contribution in [2.24, 2.45) is 0 Å². The normalized spacial score (nSPS) is 11.7. The Balaban J connectivity index is 1.53. The molecule has 0 saturated heterocycles. The van der Waals surface area contributed by atoms with Crippen molar-refractivity contribution in [3.05, 3.63) is 76.5 Å². The molecule has 138 valence electrons. The van der Waals surface area contributed by atoms with Crippen LogP contribution in [0.4, 0.5) is 5.69 Å². The molecule has 8 heteroatoms. The van der Waals surface area contributed by atoms with Gasteiger partial charge < -0.3 is 9.26 Å². The van der Waals surface area contributed by atoms with Crippen molar-refractivity contribution < 1.29 is 19.0 Å². The third-order valence-corrected chi connectivity index (χ3v) is 4.76. The van der Waals surface area contributed by atoms with Crippen molar-refractivity contribution in [2.75, 3.05) is 0 Å². The van der Waals surface area contributed by atoms with Gasteiger partial charge >= 0.3 is 5.97 Å². The zero-order valence-corrected chi connectivity index (χ0v) is 15.2. The number of nitrogens with zero attached hydrogens (tertiary/aromatic N) is 2. The lowest BCUT2D eigenvalue weighted by Crippen LogP contribution is -2.16. The summed E-state index contributed by atoms with van der Waals surface area (Å²) >= 11 is 1.27. The molecule has 0 unspecified atom stereocenters. The molecule has 0 saturated carbocycles. The standard InChI is InChI=1S/C19H16N2O5S/c1-13(27-17-9-7-16(8-10-17)21(23)24)19(22)25-12-15-11-18(26-20-15)14-5-3-2-4-6-14/h2-11,13H,12H2,1H3/t13-/m0/s1. The monoisotopic (exact) mass is 384 g/mol. The van der Waals surface area contributed by atoms with Crippen molar-refractivity contribution in [2.45, 2.75) is 23.7 Å². The Hall–Kier alpha value is -3.13. The molecule has 0 N–H and O–H groups in total. The summed E-state index contributed by atoms with van der Waals surface area (Å²) < 4.78 is 10.6. The van der Waals surface area contributed by atoms with Crippen molar-refractivity contribution in [3.8, 4) is 11.3 Å². The van der Waals surface area contributed by atoms with E-state index >= 15 is 0 Å². The Kier molecular flexibility index (Phi) is 5.87. The Morgan fingerprint density at radius 2 is 1.93 bits per heavy atom. The van der Waals surface area contributed by atoms with Gasteiger partial charge in [0.15, 0.2) is 5.76 Å². The summed E-state index contributed by atoms with van der Waals surface area (Å²) in [6, 6.07) is 17.3. The highest BCUT2D eigenvalue weighted by molar-refractivity contribution is 8.00. The molecule has 0 bridgehead atoms. The molecule has 1 heterocycles. The second-order valence-electron chi connectivity index (χ2n) is 5.67. The number of ether oxygens (including phenoxy) is 1. The maximum Gasteiger partial charge on any atom is 0.319 e. The molecular weight excluding hydrogens is 368 g/mol. The van der Waals surface area contributed by atoms with Crippen molar-refractivity contribution in [1.82, 2.24) is 5.16 Å². The number of benzene rings is 2. The van der Waals surface area contributed by atoms with Crippen LogP contribution in [0.5, 0.6) is 0 Å². The fourth-order valence-electron chi connectivity index (χ4n) is 2.28. The molecule has 0 fully saturated rings. The van der Waals surface area contributed by atoms with E-state index < -0.39 is 16.1 Å². The van der Waals surface area contributed by atoms with E-state index in [9.17, 15) is 14.9 Å². The molecule has 3 aromatic rings. The highest BCUT2D eigenvalue weighted by Crippen LogP contribution is 2.26. The molecular formula is C19H16N2O5S. The molecule has 3 rings (SSSR count). The van der Waals surface area contributed by atoms with Gasteiger partial charge in [0.25, 0.3) is 5.69 Å². The van der Waals surface area contributed by atoms with Gasteiger partial charge in [0.05, 0.1) is 4.92 Å². The first kappa shape index (κ1) is 18.7. The second-order valence-corrected chi connectivity index (χ2v) is 7.08. The topological polar surface area (TPSA) is 95.5 Å². The van der Waals surface area contributed by atoms with Crippen molar-refractivity contribution in [3.63, 3.8) is 0 Å². The van der Waals surface area contributed by atoms with Crippen LogP contribution < -0.4 is 0 Å². The molecule has 1 atom stereocenters. The van der Waals surface area contributed by atoms with E-state index in [4.69, 9.17) is 9.26 Å². The van der Waals surface area contributed by atoms with Gasteiger partial charge in [0.1, 0.15) is 17.6 Å². The van der Waals surface area contributed by atoms with Crippen LogP contribution >= 0.6 is 11.8 Å². The van der Waals surface area contributed by atoms with E-state index in [0.29, 0.717) is 11.5 Å². The van der Waals surface area contributed by atoms with E-state index in [0.717, 1.165) is 10.5 Å². The summed E-state index contributed by atoms with van der Waals surface area (Å²) in [6.07, 6.45) is 0. The molecule has 2 aromatic carbocycles. The van der Waals surface area contributed by atoms with Crippen LogP contribution in [0.3, 0.4) is 0 Å². The number of hydrogen-bond acceptors (Lipinski definition) is 7. The summed E-state index contributed by atoms with van der Waals surface area (Å²) in [7, 11) is 0. The molecule has 0 radical (unpaired) electrons. The maximum atomic E-state index is 12.2. The van der Waals surface area contributed by atoms with Crippen molar-refractivity contribution >= 4 is 23.4 Å². The van der Waals surface area contributed by atoms with Crippen LogP contribution in [0.15, 0.2) is 70.1 Å². The zero-order chi connectivity index (χ0) is 19.2. The van der Waals surface area contributed by atoms with Gasteiger partial charge in [-0.2, -0.15) is 0 Å². The largest absolute Gasteiger partial charge is 0.458 e. The van der Waals surface area contributed by atoms with Crippen LogP contribution in [-0.2, 0) is 16.1 Å². The van der Waals surface area contributed by atoms with Crippen LogP contribution in [0.2, 0.25) is 0 Å². The SMILES string of the molecule is C[C@H](Sc1ccc([N+](=O)[O-])cc1)C(=O)OCc1cc(-c2ccccc2)on1. The van der Waals surface area contributed by atoms with Gasteiger partial charge in [-0.15, -0.1) is 11.8 Å². The van der Waals surface area contributed by atoms with Crippen LogP contribution in [0, 0.1) is 10.1 Å². The van der Waals surface area contributed by atoms with Gasteiger partial charge in [-0.05, 0) is 19.1 Å². The van der Waals surface area contributed by atoms with Crippen molar-refractivity contribution in [1.29, 1.82) is 0 Å². The molecule has 1 aromatic heterocycles. The second kappa shape index (κ2) is 8.50. The summed E-state index contributed by atoms with van der Waals surface area (Å²) in [5.74, 6) is 0.206. The average Bonchev–Trinajstić information content (AvgIpc) is 3.16. The lowest BCUT2D eigenvalue weighted by atomic mass is 10.2. The predicted molar refractivity (Wildman–Crippen MR) is 100 cm³/mol. The Bertz CT molecular complexity index is 925. The quantitative estimate of drug-likeness (QED) is 0.256. The van der Waals surface area contributed by atoms with Gasteiger partial charge in [-0.25, -0.2) is 0 Å². The Labute approximate surface area is 159 Å². The molecule has 7 nitrogen and oxygen atoms in total. The van der Waals surface area contributed by atoms with E-state index in [-0.39, 0.29) is 12.3 Å². The minimum atomic E-state index is -0.466. The number of nitro groups is 1. The molecule has 0 aliphatic carbocycles. The van der Waals surface area contributed by atoms with E-state index in [1.54, 1.807) is 25.1 Å². The summed E-state index contributed by atoms with van der Waals surface area (Å²) in [4.78, 5) is 23.1. The number of hydrogen-bond donors (Lipinski definition) is 0. The maximum absolute atomic E-state index is 12.2. The Morgan fingerprint density at radius 3 is 2.59 bits per heavy atom. The highest BCUT2D eigenvalue weighted by atomic mass is 32.2. The molecule has 27 heavy (non-hydrogen) atoms. The van der Waals surface area contributed by atoms with Crippen LogP contribution in [0.1, 0.15) is 12.6 Å². The fraction of sp³-hybridized carbons (Fsp3) is 0.158. The van der Waals surface area contributed by atoms with Gasteiger partial charge in [-0.1, -0.05) is 35.5 Å². The lowest BCUT2D eigenvalue weighted by molar-refractivity contribution is -0.384. The fourth-order valence-corrected chi connectivity index (χ4v) is 3.15. The molecule has 0 spiro atoms. The average molecular weight is 384 g/mol. The van der Waals surface area contributed by atoms with Crippen LogP contribution in [-0.4, -0.2) is 21.3 Å². The number of non-ortho nitro benzene ring substituents is 1. The lowest BCUT2D eigenvalue weighted by Gasteiger charge is -2.10. The number of rotatable bonds is 7. The molecule has 0 amide bonds. The van der Waals surface area contributed by atoms with Gasteiger partial charge in [0.2, 0.25) is 0 Å². The van der Waals surface area contributed by atoms with Gasteiger partial charge in [0, 0.05) is 28.7 Å². The minimum absolute atomic E-state index is 0.00910. The number of aromatic nitrogens is 1. The number of carbonyl (C=O) groups excluding carboxylic acids is 1. The Morgan fingerprint density at radius 1 is 1.22 bits per heavy atom. The molecule has 0 aliphatic rings. The third kappa shape index (κ3) is 4.95. The summed E-state index contributed by atoms with van der Waals surface area (Å²) in [6.45, 7) is 1.73. The first-order valence-electron chi connectivity index (χ1n) is 8.11. The zero-order valence-electron chi connectivity index (χ0n) is 14.4. The van der Waals surface area contributed by atoms with E-state index in [2.05, 4.69) is 5.16 Å². The number of carbonyl (C=O) groups is 1. The summed E-state index contributed by atoms with van der Waals surface area (Å²) in [5, 5.41) is 14.1. The molecule has 0 aliphatic heterocycles. The first-order chi connectivity index (χ1) is 13.0. The van der Waals surface area contributed by atoms with Gasteiger partial charge in [-0.3, -0.25) is 14.9 Å². The highest BCUT2D eigenvalue weighted by Gasteiger charge is 2.18. The van der Waals surface area contributed by atoms with Crippen LogP contribution in [0.25, 0.3) is 11.3 Å². The first-order valence-corrected chi connectivity index (χ1v) is 8.99. The number of nitro benzene ring substituents is 1. The number of thioether (sulfide) groups is 1.